The molecule has 0 aliphatic heterocycles. The van der Waals surface area contributed by atoms with E-state index in [0.29, 0.717) is 29.6 Å². The van der Waals surface area contributed by atoms with E-state index in [0.717, 1.165) is 11.3 Å². The van der Waals surface area contributed by atoms with Gasteiger partial charge in [-0.3, -0.25) is 0 Å². The standard InChI is InChI=1S/C17H19ClN2O3/c1-12-6-7-16(15(18)10-12)20-17(21)19-8-9-23-14-5-3-4-13(11-14)22-2/h3-7,10-11H,8-9H2,1-2H3,(H2,19,20,21). The number of ether oxygens (including phenoxy) is 2. The number of nitrogens with one attached hydrogen (secondary N) is 2. The molecule has 6 heteroatoms. The van der Waals surface area contributed by atoms with Crippen LogP contribution < -0.4 is 20.1 Å². The van der Waals surface area contributed by atoms with Crippen molar-refractivity contribution in [3.8, 4) is 11.5 Å². The fourth-order valence-electron chi connectivity index (χ4n) is 1.91. The average molecular weight is 335 g/mol. The van der Waals surface area contributed by atoms with Crippen LogP contribution >= 0.6 is 11.6 Å². The molecule has 2 aromatic carbocycles. The van der Waals surface area contributed by atoms with Crippen LogP contribution in [-0.4, -0.2) is 26.3 Å². The molecule has 23 heavy (non-hydrogen) atoms. The number of amides is 2. The van der Waals surface area contributed by atoms with Gasteiger partial charge in [0.15, 0.2) is 0 Å². The Morgan fingerprint density at radius 1 is 1.17 bits per heavy atom. The van der Waals surface area contributed by atoms with Crippen LogP contribution in [0, 0.1) is 6.92 Å². The molecule has 0 fully saturated rings. The van der Waals surface area contributed by atoms with E-state index in [1.165, 1.54) is 0 Å². The number of rotatable bonds is 6. The average Bonchev–Trinajstić information content (AvgIpc) is 2.54. The summed E-state index contributed by atoms with van der Waals surface area (Å²) in [5.41, 5.74) is 1.61. The molecule has 5 nitrogen and oxygen atoms in total. The second-order valence-corrected chi connectivity index (χ2v) is 5.30. The van der Waals surface area contributed by atoms with Crippen LogP contribution in [0.4, 0.5) is 10.5 Å². The van der Waals surface area contributed by atoms with E-state index in [1.807, 2.05) is 31.2 Å². The van der Waals surface area contributed by atoms with E-state index in [-0.39, 0.29) is 6.03 Å². The van der Waals surface area contributed by atoms with Gasteiger partial charge in [0, 0.05) is 6.07 Å². The molecular formula is C17H19ClN2O3. The van der Waals surface area contributed by atoms with Crippen LogP contribution in [-0.2, 0) is 0 Å². The molecule has 122 valence electrons. The minimum absolute atomic E-state index is 0.329. The minimum atomic E-state index is -0.329. The Kier molecular flexibility index (Phi) is 6.11. The van der Waals surface area contributed by atoms with E-state index in [1.54, 1.807) is 25.3 Å². The Morgan fingerprint density at radius 2 is 1.96 bits per heavy atom. The molecule has 0 unspecified atom stereocenters. The maximum atomic E-state index is 11.8. The van der Waals surface area contributed by atoms with Crippen molar-refractivity contribution in [3.05, 3.63) is 53.1 Å². The summed E-state index contributed by atoms with van der Waals surface area (Å²) in [4.78, 5) is 11.8. The van der Waals surface area contributed by atoms with E-state index >= 15 is 0 Å². The van der Waals surface area contributed by atoms with E-state index in [2.05, 4.69) is 10.6 Å². The summed E-state index contributed by atoms with van der Waals surface area (Å²) in [7, 11) is 1.60. The number of carbonyl (C=O) groups is 1. The summed E-state index contributed by atoms with van der Waals surface area (Å²) in [5.74, 6) is 1.41. The molecular weight excluding hydrogens is 316 g/mol. The number of halogens is 1. The van der Waals surface area contributed by atoms with E-state index in [4.69, 9.17) is 21.1 Å². The van der Waals surface area contributed by atoms with Gasteiger partial charge in [-0.15, -0.1) is 0 Å². The zero-order valence-corrected chi connectivity index (χ0v) is 13.8. The highest BCUT2D eigenvalue weighted by atomic mass is 35.5. The molecule has 2 N–H and O–H groups in total. The van der Waals surface area contributed by atoms with Crippen molar-refractivity contribution in [2.45, 2.75) is 6.92 Å². The Bertz CT molecular complexity index is 677. The SMILES string of the molecule is COc1cccc(OCCNC(=O)Nc2ccc(C)cc2Cl)c1. The summed E-state index contributed by atoms with van der Waals surface area (Å²) in [6.07, 6.45) is 0. The molecule has 0 saturated carbocycles. The van der Waals surface area contributed by atoms with Gasteiger partial charge >= 0.3 is 6.03 Å². The van der Waals surface area contributed by atoms with E-state index in [9.17, 15) is 4.79 Å². The number of carbonyl (C=O) groups excluding carboxylic acids is 1. The third kappa shape index (κ3) is 5.38. The van der Waals surface area contributed by atoms with Crippen molar-refractivity contribution in [3.63, 3.8) is 0 Å². The number of hydrogen-bond donors (Lipinski definition) is 2. The molecule has 0 radical (unpaired) electrons. The van der Waals surface area contributed by atoms with Gasteiger partial charge in [0.25, 0.3) is 0 Å². The third-order valence-electron chi connectivity index (χ3n) is 3.07. The molecule has 0 heterocycles. The zero-order valence-electron chi connectivity index (χ0n) is 13.1. The zero-order chi connectivity index (χ0) is 16.7. The number of hydrogen-bond acceptors (Lipinski definition) is 3. The molecule has 0 aromatic heterocycles. The maximum Gasteiger partial charge on any atom is 0.319 e. The Hall–Kier alpha value is -2.40. The highest BCUT2D eigenvalue weighted by Gasteiger charge is 2.05. The minimum Gasteiger partial charge on any atom is -0.497 e. The topological polar surface area (TPSA) is 59.6 Å². The van der Waals surface area contributed by atoms with Gasteiger partial charge in [-0.25, -0.2) is 4.79 Å². The van der Waals surface area contributed by atoms with E-state index < -0.39 is 0 Å². The molecule has 0 aliphatic rings. The van der Waals surface area contributed by atoms with Gasteiger partial charge in [-0.2, -0.15) is 0 Å². The summed E-state index contributed by atoms with van der Waals surface area (Å²) in [5, 5.41) is 5.91. The largest absolute Gasteiger partial charge is 0.497 e. The molecule has 0 saturated heterocycles. The van der Waals surface area contributed by atoms with Crippen LogP contribution in [0.1, 0.15) is 5.56 Å². The predicted molar refractivity (Wildman–Crippen MR) is 91.7 cm³/mol. The lowest BCUT2D eigenvalue weighted by molar-refractivity contribution is 0.247. The number of aryl methyl sites for hydroxylation is 1. The van der Waals surface area contributed by atoms with Gasteiger partial charge in [0.1, 0.15) is 18.1 Å². The predicted octanol–water partition coefficient (Wildman–Crippen LogP) is 3.86. The molecule has 0 atom stereocenters. The van der Waals surface area contributed by atoms with Crippen molar-refractivity contribution in [1.82, 2.24) is 5.32 Å². The van der Waals surface area contributed by atoms with Crippen molar-refractivity contribution in [2.75, 3.05) is 25.6 Å². The molecule has 0 aliphatic carbocycles. The normalized spacial score (nSPS) is 10.0. The van der Waals surface area contributed by atoms with Crippen LogP contribution in [0.3, 0.4) is 0 Å². The molecule has 2 aromatic rings. The summed E-state index contributed by atoms with van der Waals surface area (Å²) in [6, 6.07) is 12.4. The highest BCUT2D eigenvalue weighted by molar-refractivity contribution is 6.33. The Morgan fingerprint density at radius 3 is 2.70 bits per heavy atom. The second kappa shape index (κ2) is 8.29. The lowest BCUT2D eigenvalue weighted by Gasteiger charge is -2.11. The van der Waals surface area contributed by atoms with Crippen LogP contribution in [0.5, 0.6) is 11.5 Å². The fraction of sp³-hybridized carbons (Fsp3) is 0.235. The smallest absolute Gasteiger partial charge is 0.319 e. The van der Waals surface area contributed by atoms with Crippen LogP contribution in [0.25, 0.3) is 0 Å². The van der Waals surface area contributed by atoms with Crippen molar-refractivity contribution in [2.24, 2.45) is 0 Å². The van der Waals surface area contributed by atoms with Crippen molar-refractivity contribution in [1.29, 1.82) is 0 Å². The van der Waals surface area contributed by atoms with Gasteiger partial charge < -0.3 is 20.1 Å². The molecule has 2 amide bonds. The van der Waals surface area contributed by atoms with Crippen LogP contribution in [0.15, 0.2) is 42.5 Å². The number of anilines is 1. The van der Waals surface area contributed by atoms with Crippen molar-refractivity contribution >= 4 is 23.3 Å². The van der Waals surface area contributed by atoms with Gasteiger partial charge in [-0.05, 0) is 36.8 Å². The summed E-state index contributed by atoms with van der Waals surface area (Å²) >= 11 is 6.06. The van der Waals surface area contributed by atoms with Crippen molar-refractivity contribution < 1.29 is 14.3 Å². The first-order valence-electron chi connectivity index (χ1n) is 7.16. The Balaban J connectivity index is 1.74. The highest BCUT2D eigenvalue weighted by Crippen LogP contribution is 2.22. The lowest BCUT2D eigenvalue weighted by Crippen LogP contribution is -2.32. The second-order valence-electron chi connectivity index (χ2n) is 4.89. The number of benzene rings is 2. The summed E-state index contributed by atoms with van der Waals surface area (Å²) in [6.45, 7) is 2.65. The summed E-state index contributed by atoms with van der Waals surface area (Å²) < 4.78 is 10.7. The monoisotopic (exact) mass is 334 g/mol. The molecule has 0 spiro atoms. The number of methoxy groups -OCH3 is 1. The van der Waals surface area contributed by atoms with Gasteiger partial charge in [0.05, 0.1) is 24.4 Å². The third-order valence-corrected chi connectivity index (χ3v) is 3.38. The maximum absolute atomic E-state index is 11.8. The van der Waals surface area contributed by atoms with Gasteiger partial charge in [0.2, 0.25) is 0 Å². The number of urea groups is 1. The van der Waals surface area contributed by atoms with Gasteiger partial charge in [-0.1, -0.05) is 23.7 Å². The first kappa shape index (κ1) is 17.0. The quantitative estimate of drug-likeness (QED) is 0.789. The molecule has 2 rings (SSSR count). The fourth-order valence-corrected chi connectivity index (χ4v) is 2.19. The first-order valence-corrected chi connectivity index (χ1v) is 7.54. The van der Waals surface area contributed by atoms with Crippen LogP contribution in [0.2, 0.25) is 5.02 Å². The lowest BCUT2D eigenvalue weighted by atomic mass is 10.2. The molecule has 0 bridgehead atoms. The Labute approximate surface area is 140 Å². The first-order chi connectivity index (χ1) is 11.1.